The van der Waals surface area contributed by atoms with Gasteiger partial charge in [0.05, 0.1) is 18.2 Å². The first-order valence-electron chi connectivity index (χ1n) is 9.78. The van der Waals surface area contributed by atoms with Crippen LogP contribution in [-0.2, 0) is 11.2 Å². The molecular formula is C18H23F3N6O2. The number of alkyl halides is 3. The molecule has 1 unspecified atom stereocenters. The number of likely N-dealkylation sites (tertiary alicyclic amines) is 1. The van der Waals surface area contributed by atoms with Crippen LogP contribution in [0.5, 0.6) is 0 Å². The van der Waals surface area contributed by atoms with E-state index in [2.05, 4.69) is 25.4 Å². The predicted molar refractivity (Wildman–Crippen MR) is 96.1 cm³/mol. The number of fused-ring (bicyclic) bond motifs is 1. The summed E-state index contributed by atoms with van der Waals surface area (Å²) >= 11 is 0. The second kappa shape index (κ2) is 7.34. The van der Waals surface area contributed by atoms with E-state index >= 15 is 0 Å². The highest BCUT2D eigenvalue weighted by Crippen LogP contribution is 2.42. The van der Waals surface area contributed by atoms with Crippen LogP contribution in [0.4, 0.5) is 19.0 Å². The summed E-state index contributed by atoms with van der Waals surface area (Å²) in [4.78, 5) is 14.5. The van der Waals surface area contributed by atoms with Gasteiger partial charge in [0.15, 0.2) is 6.04 Å². The van der Waals surface area contributed by atoms with Crippen LogP contribution in [-0.4, -0.2) is 49.7 Å². The van der Waals surface area contributed by atoms with Crippen LogP contribution in [0, 0.1) is 6.92 Å². The SMILES string of the molecule is CC[C@@H]1C[C@H](C(F)(F)F)n2nc(C3CCCN3C(=O)Cc3nonc3C)cc2N1. The lowest BCUT2D eigenvalue weighted by molar-refractivity contribution is -0.173. The first-order valence-corrected chi connectivity index (χ1v) is 9.78. The molecule has 3 atom stereocenters. The minimum Gasteiger partial charge on any atom is -0.367 e. The maximum absolute atomic E-state index is 13.6. The number of amides is 1. The van der Waals surface area contributed by atoms with Crippen LogP contribution >= 0.6 is 0 Å². The minimum absolute atomic E-state index is 0.0424. The first-order chi connectivity index (χ1) is 13.8. The molecule has 1 amide bonds. The Kier molecular flexibility index (Phi) is 4.99. The maximum atomic E-state index is 13.6. The van der Waals surface area contributed by atoms with Crippen molar-refractivity contribution in [3.63, 3.8) is 0 Å². The third-order valence-corrected chi connectivity index (χ3v) is 5.76. The number of carbonyl (C=O) groups is 1. The average molecular weight is 412 g/mol. The van der Waals surface area contributed by atoms with E-state index in [0.29, 0.717) is 42.3 Å². The first kappa shape index (κ1) is 19.7. The van der Waals surface area contributed by atoms with E-state index in [4.69, 9.17) is 0 Å². The van der Waals surface area contributed by atoms with Gasteiger partial charge in [-0.25, -0.2) is 9.31 Å². The van der Waals surface area contributed by atoms with Gasteiger partial charge in [-0.3, -0.25) is 4.79 Å². The normalized spacial score (nSPS) is 24.4. The Labute approximate surface area is 165 Å². The Morgan fingerprint density at radius 2 is 2.17 bits per heavy atom. The molecule has 0 aliphatic carbocycles. The number of nitrogens with one attached hydrogen (secondary N) is 1. The molecular weight excluding hydrogens is 389 g/mol. The van der Waals surface area contributed by atoms with Crippen molar-refractivity contribution in [3.8, 4) is 0 Å². The van der Waals surface area contributed by atoms with Crippen LogP contribution in [0.1, 0.15) is 61.8 Å². The van der Waals surface area contributed by atoms with Crippen LogP contribution in [0.3, 0.4) is 0 Å². The number of anilines is 1. The summed E-state index contributed by atoms with van der Waals surface area (Å²) < 4.78 is 46.5. The molecule has 11 heteroatoms. The second-order valence-corrected chi connectivity index (χ2v) is 7.66. The minimum atomic E-state index is -4.38. The van der Waals surface area contributed by atoms with Gasteiger partial charge in [0.25, 0.3) is 0 Å². The summed E-state index contributed by atoms with van der Waals surface area (Å²) in [5, 5.41) is 14.9. The number of aryl methyl sites for hydroxylation is 1. The topological polar surface area (TPSA) is 89.1 Å². The van der Waals surface area contributed by atoms with E-state index < -0.39 is 12.2 Å². The fraction of sp³-hybridized carbons (Fsp3) is 0.667. The zero-order valence-corrected chi connectivity index (χ0v) is 16.2. The zero-order chi connectivity index (χ0) is 20.8. The van der Waals surface area contributed by atoms with Crippen molar-refractivity contribution in [2.45, 2.75) is 70.3 Å². The fourth-order valence-corrected chi connectivity index (χ4v) is 4.13. The van der Waals surface area contributed by atoms with Crippen LogP contribution < -0.4 is 5.32 Å². The lowest BCUT2D eigenvalue weighted by Crippen LogP contribution is -2.39. The fourth-order valence-electron chi connectivity index (χ4n) is 4.13. The Morgan fingerprint density at radius 3 is 2.83 bits per heavy atom. The smallest absolute Gasteiger partial charge is 0.367 e. The third-order valence-electron chi connectivity index (χ3n) is 5.76. The van der Waals surface area contributed by atoms with Crippen molar-refractivity contribution in [3.05, 3.63) is 23.1 Å². The molecule has 0 saturated carbocycles. The molecule has 4 heterocycles. The summed E-state index contributed by atoms with van der Waals surface area (Å²) in [7, 11) is 0. The monoisotopic (exact) mass is 412 g/mol. The van der Waals surface area contributed by atoms with Gasteiger partial charge in [0, 0.05) is 18.7 Å². The molecule has 0 aromatic carbocycles. The highest BCUT2D eigenvalue weighted by Gasteiger charge is 2.46. The third kappa shape index (κ3) is 3.69. The van der Waals surface area contributed by atoms with Gasteiger partial charge < -0.3 is 10.2 Å². The van der Waals surface area contributed by atoms with Gasteiger partial charge in [0.2, 0.25) is 5.91 Å². The number of rotatable bonds is 4. The summed E-state index contributed by atoms with van der Waals surface area (Å²) in [6, 6.07) is -0.620. The largest absolute Gasteiger partial charge is 0.410 e. The Morgan fingerprint density at radius 1 is 1.38 bits per heavy atom. The molecule has 2 aromatic rings. The van der Waals surface area contributed by atoms with Gasteiger partial charge in [-0.1, -0.05) is 17.2 Å². The summed E-state index contributed by atoms with van der Waals surface area (Å²) in [5.74, 6) is 0.195. The molecule has 2 aromatic heterocycles. The van der Waals surface area contributed by atoms with Crippen molar-refractivity contribution < 1.29 is 22.6 Å². The molecule has 1 N–H and O–H groups in total. The Bertz CT molecular complexity index is 893. The van der Waals surface area contributed by atoms with Crippen molar-refractivity contribution in [2.24, 2.45) is 0 Å². The van der Waals surface area contributed by atoms with E-state index in [0.717, 1.165) is 11.1 Å². The average Bonchev–Trinajstić information content (AvgIpc) is 3.39. The van der Waals surface area contributed by atoms with E-state index in [1.54, 1.807) is 17.9 Å². The molecule has 1 saturated heterocycles. The molecule has 2 aliphatic rings. The van der Waals surface area contributed by atoms with Gasteiger partial charge in [-0.05, 0) is 32.6 Å². The lowest BCUT2D eigenvalue weighted by Gasteiger charge is -2.32. The van der Waals surface area contributed by atoms with Crippen LogP contribution in [0.25, 0.3) is 0 Å². The highest BCUT2D eigenvalue weighted by molar-refractivity contribution is 5.79. The number of nitrogens with zero attached hydrogens (tertiary/aromatic N) is 5. The number of aromatic nitrogens is 4. The van der Waals surface area contributed by atoms with Crippen LogP contribution in [0.2, 0.25) is 0 Å². The zero-order valence-electron chi connectivity index (χ0n) is 16.2. The van der Waals surface area contributed by atoms with E-state index in [9.17, 15) is 18.0 Å². The molecule has 0 spiro atoms. The lowest BCUT2D eigenvalue weighted by atomic mass is 10.0. The van der Waals surface area contributed by atoms with E-state index in [1.807, 2.05) is 6.92 Å². The van der Waals surface area contributed by atoms with E-state index in [1.165, 1.54) is 0 Å². The molecule has 0 radical (unpaired) electrons. The van der Waals surface area contributed by atoms with Gasteiger partial charge in [-0.15, -0.1) is 0 Å². The highest BCUT2D eigenvalue weighted by atomic mass is 19.4. The molecule has 8 nitrogen and oxygen atoms in total. The number of carbonyl (C=O) groups excluding carboxylic acids is 1. The molecule has 4 rings (SSSR count). The number of halogens is 3. The number of hydrogen-bond acceptors (Lipinski definition) is 6. The molecule has 1 fully saturated rings. The standard InChI is InChI=1S/C18H23F3N6O2/c1-3-11-7-15(18(19,20)21)27-16(22-11)8-13(23-27)14-5-4-6-26(14)17(28)9-12-10(2)24-29-25-12/h8,11,14-15,22H,3-7,9H2,1-2H3/t11-,14?,15-/m1/s1. The molecule has 29 heavy (non-hydrogen) atoms. The van der Waals surface area contributed by atoms with Crippen LogP contribution in [0.15, 0.2) is 10.7 Å². The van der Waals surface area contributed by atoms with Crippen molar-refractivity contribution in [1.29, 1.82) is 0 Å². The van der Waals surface area contributed by atoms with Crippen molar-refractivity contribution in [2.75, 3.05) is 11.9 Å². The number of hydrogen-bond donors (Lipinski definition) is 1. The maximum Gasteiger partial charge on any atom is 0.410 e. The Balaban J connectivity index is 1.59. The van der Waals surface area contributed by atoms with Gasteiger partial charge in [0.1, 0.15) is 17.2 Å². The summed E-state index contributed by atoms with van der Waals surface area (Å²) in [6.45, 7) is 4.09. The Hall–Kier alpha value is -2.59. The summed E-state index contributed by atoms with van der Waals surface area (Å²) in [5.41, 5.74) is 1.50. The molecule has 0 bridgehead atoms. The predicted octanol–water partition coefficient (Wildman–Crippen LogP) is 3.18. The quantitative estimate of drug-likeness (QED) is 0.830. The summed E-state index contributed by atoms with van der Waals surface area (Å²) in [6.07, 6.45) is -2.38. The van der Waals surface area contributed by atoms with Gasteiger partial charge in [-0.2, -0.15) is 18.3 Å². The second-order valence-electron chi connectivity index (χ2n) is 7.66. The van der Waals surface area contributed by atoms with Crippen molar-refractivity contribution in [1.82, 2.24) is 25.0 Å². The van der Waals surface area contributed by atoms with Gasteiger partial charge >= 0.3 is 6.18 Å². The van der Waals surface area contributed by atoms with E-state index in [-0.39, 0.29) is 30.8 Å². The molecule has 2 aliphatic heterocycles. The molecule has 158 valence electrons. The van der Waals surface area contributed by atoms with Crippen molar-refractivity contribution >= 4 is 11.7 Å².